The summed E-state index contributed by atoms with van der Waals surface area (Å²) in [7, 11) is 1.42. The molecule has 1 aliphatic heterocycles. The average Bonchev–Trinajstić information content (AvgIpc) is 2.84. The molecule has 2 unspecified atom stereocenters. The number of benzene rings is 3. The number of hydrogen-bond donors (Lipinski definition) is 3. The highest BCUT2D eigenvalue weighted by molar-refractivity contribution is 5.89. The van der Waals surface area contributed by atoms with E-state index in [0.717, 1.165) is 0 Å². The molecule has 8 heteroatoms. The summed E-state index contributed by atoms with van der Waals surface area (Å²) in [4.78, 5) is 12.8. The minimum atomic E-state index is -0.884. The predicted molar refractivity (Wildman–Crippen MR) is 119 cm³/mol. The van der Waals surface area contributed by atoms with Gasteiger partial charge in [0.2, 0.25) is 5.75 Å². The third kappa shape index (κ3) is 3.50. The zero-order valence-electron chi connectivity index (χ0n) is 17.5. The molecular weight excluding hydrogens is 428 g/mol. The molecule has 3 aromatic carbocycles. The Labute approximate surface area is 187 Å². The predicted octanol–water partition coefficient (Wildman–Crippen LogP) is 3.75. The average molecular weight is 448 g/mol. The summed E-state index contributed by atoms with van der Waals surface area (Å²) in [6.07, 6.45) is -1.66. The summed E-state index contributed by atoms with van der Waals surface area (Å²) >= 11 is 0. The van der Waals surface area contributed by atoms with E-state index in [-0.39, 0.29) is 34.0 Å². The molecule has 5 rings (SSSR count). The molecule has 1 aliphatic rings. The summed E-state index contributed by atoms with van der Waals surface area (Å²) in [5.41, 5.74) is 0.976. The van der Waals surface area contributed by atoms with E-state index in [4.69, 9.17) is 18.6 Å². The fraction of sp³-hybridized carbons (Fsp3) is 0.160. The van der Waals surface area contributed by atoms with Gasteiger partial charge in [-0.15, -0.1) is 0 Å². The van der Waals surface area contributed by atoms with E-state index in [0.29, 0.717) is 16.9 Å². The molecule has 4 aromatic rings. The molecule has 2 atom stereocenters. The van der Waals surface area contributed by atoms with Crippen LogP contribution in [-0.4, -0.2) is 35.1 Å². The number of ether oxygens (including phenoxy) is 3. The van der Waals surface area contributed by atoms with Crippen LogP contribution in [0.25, 0.3) is 22.3 Å². The van der Waals surface area contributed by atoms with Gasteiger partial charge in [-0.3, -0.25) is 4.79 Å². The minimum absolute atomic E-state index is 0.0431. The van der Waals surface area contributed by atoms with Crippen molar-refractivity contribution in [1.29, 1.82) is 0 Å². The second-order valence-corrected chi connectivity index (χ2v) is 7.58. The van der Waals surface area contributed by atoms with Gasteiger partial charge in [0.25, 0.3) is 0 Å². The zero-order valence-corrected chi connectivity index (χ0v) is 17.5. The number of phenolic OH excluding ortho intramolecular Hbond substituents is 2. The zero-order chi connectivity index (χ0) is 23.1. The van der Waals surface area contributed by atoms with Crippen LogP contribution < -0.4 is 19.6 Å². The fourth-order valence-electron chi connectivity index (χ4n) is 3.92. The molecule has 33 heavy (non-hydrogen) atoms. The smallest absolute Gasteiger partial charge is 0.204 e. The molecule has 1 aromatic heterocycles. The lowest BCUT2D eigenvalue weighted by atomic mass is 10.0. The molecule has 0 spiro atoms. The van der Waals surface area contributed by atoms with Gasteiger partial charge in [0.05, 0.1) is 13.7 Å². The molecule has 2 heterocycles. The van der Waals surface area contributed by atoms with Crippen LogP contribution in [0.2, 0.25) is 0 Å². The second kappa shape index (κ2) is 8.07. The van der Waals surface area contributed by atoms with Crippen molar-refractivity contribution in [1.82, 2.24) is 0 Å². The van der Waals surface area contributed by atoms with Crippen molar-refractivity contribution < 1.29 is 33.9 Å². The van der Waals surface area contributed by atoms with Crippen molar-refractivity contribution in [2.45, 2.75) is 12.2 Å². The first-order valence-corrected chi connectivity index (χ1v) is 10.2. The molecular formula is C25H20O8. The van der Waals surface area contributed by atoms with Gasteiger partial charge in [-0.2, -0.15) is 0 Å². The normalized spacial score (nSPS) is 17.2. The maximum absolute atomic E-state index is 12.8. The lowest BCUT2D eigenvalue weighted by Gasteiger charge is -2.33. The van der Waals surface area contributed by atoms with Gasteiger partial charge in [-0.25, -0.2) is 0 Å². The molecule has 0 aliphatic carbocycles. The Morgan fingerprint density at radius 2 is 1.79 bits per heavy atom. The lowest BCUT2D eigenvalue weighted by molar-refractivity contribution is -0.0139. The molecule has 0 bridgehead atoms. The Hall–Kier alpha value is -4.17. The van der Waals surface area contributed by atoms with Gasteiger partial charge in [-0.1, -0.05) is 36.4 Å². The van der Waals surface area contributed by atoms with Crippen LogP contribution in [0.5, 0.6) is 28.7 Å². The van der Waals surface area contributed by atoms with E-state index >= 15 is 0 Å². The van der Waals surface area contributed by atoms with Crippen molar-refractivity contribution >= 4 is 11.0 Å². The van der Waals surface area contributed by atoms with E-state index in [2.05, 4.69) is 0 Å². The van der Waals surface area contributed by atoms with Gasteiger partial charge in [0.1, 0.15) is 16.7 Å². The molecule has 0 fully saturated rings. The Morgan fingerprint density at radius 1 is 1.00 bits per heavy atom. The number of aromatic hydroxyl groups is 2. The molecule has 0 amide bonds. The number of aliphatic hydroxyl groups is 1. The maximum atomic E-state index is 12.8. The third-order valence-corrected chi connectivity index (χ3v) is 5.54. The van der Waals surface area contributed by atoms with Gasteiger partial charge >= 0.3 is 0 Å². The number of phenols is 2. The summed E-state index contributed by atoms with van der Waals surface area (Å²) < 4.78 is 23.0. The van der Waals surface area contributed by atoms with Crippen LogP contribution in [0.1, 0.15) is 11.7 Å². The number of aliphatic hydroxyl groups excluding tert-OH is 1. The molecule has 0 saturated heterocycles. The SMILES string of the molecule is COc1cc(C2Oc3cc4oc(-c5ccccc5)cc(=O)c4c(O)c3OC2CO)ccc1O. The Kier molecular flexibility index (Phi) is 5.07. The minimum Gasteiger partial charge on any atom is -0.504 e. The van der Waals surface area contributed by atoms with E-state index in [1.165, 1.54) is 25.3 Å². The Balaban J connectivity index is 1.63. The van der Waals surface area contributed by atoms with Crippen LogP contribution in [0, 0.1) is 0 Å². The number of fused-ring (bicyclic) bond motifs is 2. The van der Waals surface area contributed by atoms with Gasteiger partial charge in [-0.05, 0) is 12.1 Å². The standard InChI is InChI=1S/C25H20O8/c1-30-18-9-14(7-8-15(18)27)24-21(12-26)33-25-20(32-24)11-19-22(23(25)29)16(28)10-17(31-19)13-5-3-2-4-6-13/h2-11,21,24,26-27,29H,12H2,1H3. The topological polar surface area (TPSA) is 119 Å². The first kappa shape index (κ1) is 20.7. The summed E-state index contributed by atoms with van der Waals surface area (Å²) in [6, 6.07) is 16.6. The molecule has 8 nitrogen and oxygen atoms in total. The quantitative estimate of drug-likeness (QED) is 0.432. The van der Waals surface area contributed by atoms with Gasteiger partial charge in [0, 0.05) is 23.3 Å². The third-order valence-electron chi connectivity index (χ3n) is 5.54. The van der Waals surface area contributed by atoms with Crippen molar-refractivity contribution in [2.75, 3.05) is 13.7 Å². The summed E-state index contributed by atoms with van der Waals surface area (Å²) in [6.45, 7) is -0.424. The van der Waals surface area contributed by atoms with Crippen LogP contribution in [0.15, 0.2) is 69.9 Å². The molecule has 0 saturated carbocycles. The van der Waals surface area contributed by atoms with E-state index in [9.17, 15) is 20.1 Å². The van der Waals surface area contributed by atoms with E-state index in [1.807, 2.05) is 30.3 Å². The highest BCUT2D eigenvalue weighted by Crippen LogP contribution is 2.48. The first-order valence-electron chi connectivity index (χ1n) is 10.2. The van der Waals surface area contributed by atoms with Crippen molar-refractivity contribution in [3.63, 3.8) is 0 Å². The Bertz CT molecular complexity index is 1390. The maximum Gasteiger partial charge on any atom is 0.204 e. The van der Waals surface area contributed by atoms with Crippen molar-refractivity contribution in [3.05, 3.63) is 76.5 Å². The first-order chi connectivity index (χ1) is 16.0. The summed E-state index contributed by atoms with van der Waals surface area (Å²) in [5, 5.41) is 30.6. The second-order valence-electron chi connectivity index (χ2n) is 7.58. The fourth-order valence-corrected chi connectivity index (χ4v) is 3.92. The monoisotopic (exact) mass is 448 g/mol. The largest absolute Gasteiger partial charge is 0.504 e. The van der Waals surface area contributed by atoms with Crippen molar-refractivity contribution in [2.24, 2.45) is 0 Å². The lowest BCUT2D eigenvalue weighted by Crippen LogP contribution is -2.36. The van der Waals surface area contributed by atoms with Crippen molar-refractivity contribution in [3.8, 4) is 40.1 Å². The van der Waals surface area contributed by atoms with E-state index in [1.54, 1.807) is 12.1 Å². The van der Waals surface area contributed by atoms with Gasteiger partial charge in [0.15, 0.2) is 40.6 Å². The number of methoxy groups -OCH3 is 1. The Morgan fingerprint density at radius 3 is 2.52 bits per heavy atom. The summed E-state index contributed by atoms with van der Waals surface area (Å²) in [5.74, 6) is 0.211. The van der Waals surface area contributed by atoms with Gasteiger partial charge < -0.3 is 33.9 Å². The van der Waals surface area contributed by atoms with Crippen LogP contribution >= 0.6 is 0 Å². The van der Waals surface area contributed by atoms with Crippen LogP contribution in [0.3, 0.4) is 0 Å². The highest BCUT2D eigenvalue weighted by atomic mass is 16.6. The van der Waals surface area contributed by atoms with E-state index < -0.39 is 30.0 Å². The molecule has 3 N–H and O–H groups in total. The molecule has 0 radical (unpaired) electrons. The molecule has 168 valence electrons. The number of hydrogen-bond acceptors (Lipinski definition) is 8. The highest BCUT2D eigenvalue weighted by Gasteiger charge is 2.36. The van der Waals surface area contributed by atoms with Crippen LogP contribution in [0.4, 0.5) is 0 Å². The number of rotatable bonds is 4. The van der Waals surface area contributed by atoms with Crippen LogP contribution in [-0.2, 0) is 0 Å².